The summed E-state index contributed by atoms with van der Waals surface area (Å²) in [5.41, 5.74) is 1.26. The SMILES string of the molecule is C/C(=C\c1ccco1)CN1C[C@H](N(C)C)C[C@H]1CO. The Labute approximate surface area is 115 Å². The Kier molecular flexibility index (Phi) is 4.80. The van der Waals surface area contributed by atoms with Gasteiger partial charge in [-0.3, -0.25) is 4.90 Å². The van der Waals surface area contributed by atoms with Crippen LogP contribution in [0, 0.1) is 0 Å². The zero-order chi connectivity index (χ0) is 13.8. The first-order valence-corrected chi connectivity index (χ1v) is 6.82. The average Bonchev–Trinajstić information content (AvgIpc) is 2.98. The van der Waals surface area contributed by atoms with Crippen molar-refractivity contribution in [3.63, 3.8) is 0 Å². The molecule has 1 fully saturated rings. The maximum Gasteiger partial charge on any atom is 0.126 e. The van der Waals surface area contributed by atoms with Gasteiger partial charge >= 0.3 is 0 Å². The lowest BCUT2D eigenvalue weighted by molar-refractivity contribution is 0.167. The minimum absolute atomic E-state index is 0.234. The molecule has 1 aliphatic heterocycles. The summed E-state index contributed by atoms with van der Waals surface area (Å²) in [6.45, 7) is 4.25. The van der Waals surface area contributed by atoms with Gasteiger partial charge in [0.25, 0.3) is 0 Å². The molecule has 106 valence electrons. The van der Waals surface area contributed by atoms with Gasteiger partial charge in [-0.05, 0) is 45.6 Å². The molecule has 0 aliphatic carbocycles. The lowest BCUT2D eigenvalue weighted by Gasteiger charge is -2.23. The minimum atomic E-state index is 0.234. The lowest BCUT2D eigenvalue weighted by Crippen LogP contribution is -2.35. The Morgan fingerprint density at radius 2 is 2.37 bits per heavy atom. The monoisotopic (exact) mass is 264 g/mol. The van der Waals surface area contributed by atoms with Crippen molar-refractivity contribution < 1.29 is 9.52 Å². The van der Waals surface area contributed by atoms with Crippen molar-refractivity contribution in [2.75, 3.05) is 33.8 Å². The zero-order valence-electron chi connectivity index (χ0n) is 12.0. The molecular formula is C15H24N2O2. The summed E-state index contributed by atoms with van der Waals surface area (Å²) < 4.78 is 5.33. The maximum absolute atomic E-state index is 9.51. The first kappa shape index (κ1) is 14.3. The second-order valence-electron chi connectivity index (χ2n) is 5.63. The second kappa shape index (κ2) is 6.37. The van der Waals surface area contributed by atoms with Crippen molar-refractivity contribution in [1.82, 2.24) is 9.80 Å². The summed E-state index contributed by atoms with van der Waals surface area (Å²) in [6, 6.07) is 4.66. The summed E-state index contributed by atoms with van der Waals surface area (Å²) in [7, 11) is 4.21. The third-order valence-electron chi connectivity index (χ3n) is 3.83. The molecule has 0 saturated carbocycles. The van der Waals surface area contributed by atoms with Crippen molar-refractivity contribution in [2.24, 2.45) is 0 Å². The smallest absolute Gasteiger partial charge is 0.126 e. The zero-order valence-corrected chi connectivity index (χ0v) is 12.0. The first-order valence-electron chi connectivity index (χ1n) is 6.82. The van der Waals surface area contributed by atoms with Gasteiger partial charge in [-0.1, -0.05) is 5.57 Å². The Hall–Kier alpha value is -1.10. The number of aliphatic hydroxyl groups excluding tert-OH is 1. The molecule has 2 heterocycles. The van der Waals surface area contributed by atoms with Crippen LogP contribution in [0.4, 0.5) is 0 Å². The fourth-order valence-electron chi connectivity index (χ4n) is 2.70. The van der Waals surface area contributed by atoms with E-state index in [2.05, 4.69) is 36.9 Å². The molecule has 0 radical (unpaired) electrons. The minimum Gasteiger partial charge on any atom is -0.465 e. The van der Waals surface area contributed by atoms with Crippen molar-refractivity contribution in [2.45, 2.75) is 25.4 Å². The van der Waals surface area contributed by atoms with E-state index in [1.807, 2.05) is 12.1 Å². The molecule has 2 rings (SSSR count). The predicted octanol–water partition coefficient (Wildman–Crippen LogP) is 1.68. The summed E-state index contributed by atoms with van der Waals surface area (Å²) in [5.74, 6) is 0.890. The molecule has 2 atom stereocenters. The average molecular weight is 264 g/mol. The van der Waals surface area contributed by atoms with Crippen LogP contribution in [0.25, 0.3) is 6.08 Å². The van der Waals surface area contributed by atoms with E-state index in [1.54, 1.807) is 6.26 Å². The molecule has 4 heteroatoms. The van der Waals surface area contributed by atoms with Crippen LogP contribution >= 0.6 is 0 Å². The van der Waals surface area contributed by atoms with Crippen molar-refractivity contribution in [3.05, 3.63) is 29.7 Å². The summed E-state index contributed by atoms with van der Waals surface area (Å²) in [5, 5.41) is 9.51. The van der Waals surface area contributed by atoms with Gasteiger partial charge in [0.15, 0.2) is 0 Å². The van der Waals surface area contributed by atoms with Crippen LogP contribution in [0.5, 0.6) is 0 Å². The number of likely N-dealkylation sites (tertiary alicyclic amines) is 1. The highest BCUT2D eigenvalue weighted by molar-refractivity contribution is 5.46. The number of aliphatic hydroxyl groups is 1. The molecule has 4 nitrogen and oxygen atoms in total. The van der Waals surface area contributed by atoms with Crippen LogP contribution < -0.4 is 0 Å². The number of nitrogens with zero attached hydrogens (tertiary/aromatic N) is 2. The lowest BCUT2D eigenvalue weighted by atomic mass is 10.1. The molecule has 1 aromatic rings. The predicted molar refractivity (Wildman–Crippen MR) is 76.9 cm³/mol. The number of furan rings is 1. The quantitative estimate of drug-likeness (QED) is 0.878. The van der Waals surface area contributed by atoms with Gasteiger partial charge in [-0.25, -0.2) is 0 Å². The molecule has 1 aromatic heterocycles. The normalized spacial score (nSPS) is 25.4. The first-order chi connectivity index (χ1) is 9.10. The Balaban J connectivity index is 1.97. The van der Waals surface area contributed by atoms with E-state index in [1.165, 1.54) is 5.57 Å². The van der Waals surface area contributed by atoms with Gasteiger partial charge in [0.05, 0.1) is 12.9 Å². The van der Waals surface area contributed by atoms with Crippen molar-refractivity contribution in [1.29, 1.82) is 0 Å². The third kappa shape index (κ3) is 3.69. The number of hydrogen-bond acceptors (Lipinski definition) is 4. The summed E-state index contributed by atoms with van der Waals surface area (Å²) in [4.78, 5) is 4.60. The van der Waals surface area contributed by atoms with E-state index in [9.17, 15) is 5.11 Å². The van der Waals surface area contributed by atoms with Crippen LogP contribution in [0.1, 0.15) is 19.1 Å². The number of hydrogen-bond donors (Lipinski definition) is 1. The van der Waals surface area contributed by atoms with E-state index in [0.717, 1.165) is 25.3 Å². The Morgan fingerprint density at radius 3 is 2.95 bits per heavy atom. The molecule has 19 heavy (non-hydrogen) atoms. The fraction of sp³-hybridized carbons (Fsp3) is 0.600. The largest absolute Gasteiger partial charge is 0.465 e. The second-order valence-corrected chi connectivity index (χ2v) is 5.63. The van der Waals surface area contributed by atoms with Gasteiger partial charge < -0.3 is 14.4 Å². The van der Waals surface area contributed by atoms with E-state index in [0.29, 0.717) is 6.04 Å². The topological polar surface area (TPSA) is 39.9 Å². The van der Waals surface area contributed by atoms with Crippen LogP contribution in [0.3, 0.4) is 0 Å². The van der Waals surface area contributed by atoms with Crippen molar-refractivity contribution in [3.8, 4) is 0 Å². The molecule has 1 N–H and O–H groups in total. The van der Waals surface area contributed by atoms with Crippen LogP contribution in [-0.2, 0) is 0 Å². The molecule has 0 spiro atoms. The van der Waals surface area contributed by atoms with E-state index >= 15 is 0 Å². The van der Waals surface area contributed by atoms with E-state index in [4.69, 9.17) is 4.42 Å². The van der Waals surface area contributed by atoms with Gasteiger partial charge in [-0.2, -0.15) is 0 Å². The molecule has 0 unspecified atom stereocenters. The summed E-state index contributed by atoms with van der Waals surface area (Å²) >= 11 is 0. The van der Waals surface area contributed by atoms with Gasteiger partial charge in [0, 0.05) is 25.2 Å². The van der Waals surface area contributed by atoms with Gasteiger partial charge in [0.1, 0.15) is 5.76 Å². The van der Waals surface area contributed by atoms with E-state index < -0.39 is 0 Å². The highest BCUT2D eigenvalue weighted by atomic mass is 16.3. The third-order valence-corrected chi connectivity index (χ3v) is 3.83. The highest BCUT2D eigenvalue weighted by Gasteiger charge is 2.32. The molecule has 1 aliphatic rings. The Morgan fingerprint density at radius 1 is 1.58 bits per heavy atom. The molecule has 1 saturated heterocycles. The van der Waals surface area contributed by atoms with Crippen molar-refractivity contribution >= 4 is 6.08 Å². The molecule has 0 aromatic carbocycles. The number of likely N-dealkylation sites (N-methyl/N-ethyl adjacent to an activating group) is 1. The van der Waals surface area contributed by atoms with Crippen LogP contribution in [-0.4, -0.2) is 60.8 Å². The highest BCUT2D eigenvalue weighted by Crippen LogP contribution is 2.22. The molecular weight excluding hydrogens is 240 g/mol. The van der Waals surface area contributed by atoms with E-state index in [-0.39, 0.29) is 12.6 Å². The fourth-order valence-corrected chi connectivity index (χ4v) is 2.70. The summed E-state index contributed by atoms with van der Waals surface area (Å²) in [6.07, 6.45) is 4.79. The van der Waals surface area contributed by atoms with Crippen LogP contribution in [0.15, 0.2) is 28.4 Å². The maximum atomic E-state index is 9.51. The Bertz CT molecular complexity index is 412. The number of rotatable bonds is 5. The van der Waals surface area contributed by atoms with Gasteiger partial charge in [-0.15, -0.1) is 0 Å². The standard InChI is InChI=1S/C15H24N2O2/c1-12(7-15-5-4-6-19-15)9-17-10-13(16(2)3)8-14(17)11-18/h4-7,13-14,18H,8-11H2,1-3H3/b12-7+/t13-,14+/m1/s1. The van der Waals surface area contributed by atoms with Crippen LogP contribution in [0.2, 0.25) is 0 Å². The molecule has 0 amide bonds. The molecule has 0 bridgehead atoms. The van der Waals surface area contributed by atoms with Gasteiger partial charge in [0.2, 0.25) is 0 Å².